The van der Waals surface area contributed by atoms with E-state index in [0.29, 0.717) is 12.1 Å². The van der Waals surface area contributed by atoms with Crippen LogP contribution in [0.3, 0.4) is 0 Å². The van der Waals surface area contributed by atoms with Gasteiger partial charge in [0, 0.05) is 13.1 Å². The van der Waals surface area contributed by atoms with Crippen LogP contribution in [0.1, 0.15) is 32.4 Å². The number of carboxylic acid groups (broad SMARTS) is 1. The van der Waals surface area contributed by atoms with Crippen LogP contribution in [-0.2, 0) is 9.53 Å². The lowest BCUT2D eigenvalue weighted by molar-refractivity contribution is -0.139. The molecule has 1 aromatic carbocycles. The second-order valence-electron chi connectivity index (χ2n) is 5.56. The Bertz CT molecular complexity index is 468. The van der Waals surface area contributed by atoms with Gasteiger partial charge in [0.15, 0.2) is 0 Å². The molecule has 1 aromatic rings. The van der Waals surface area contributed by atoms with E-state index in [0.717, 1.165) is 0 Å². The van der Waals surface area contributed by atoms with Crippen molar-refractivity contribution in [3.8, 4) is 0 Å². The van der Waals surface area contributed by atoms with Crippen LogP contribution >= 0.6 is 0 Å². The van der Waals surface area contributed by atoms with E-state index in [9.17, 15) is 14.7 Å². The zero-order valence-corrected chi connectivity index (χ0v) is 12.6. The quantitative estimate of drug-likeness (QED) is 0.698. The van der Waals surface area contributed by atoms with Crippen LogP contribution < -0.4 is 10.6 Å². The number of benzene rings is 1. The van der Waals surface area contributed by atoms with Gasteiger partial charge in [-0.15, -0.1) is 0 Å². The van der Waals surface area contributed by atoms with Gasteiger partial charge >= 0.3 is 12.1 Å². The Labute approximate surface area is 124 Å². The van der Waals surface area contributed by atoms with E-state index < -0.39 is 23.7 Å². The van der Waals surface area contributed by atoms with E-state index in [2.05, 4.69) is 10.6 Å². The molecular formula is C15H22N2O4. The van der Waals surface area contributed by atoms with Crippen molar-refractivity contribution in [2.75, 3.05) is 13.1 Å². The first-order valence-corrected chi connectivity index (χ1v) is 6.77. The molecule has 21 heavy (non-hydrogen) atoms. The third-order valence-electron chi connectivity index (χ3n) is 2.52. The number of alkyl carbamates (subject to hydrolysis) is 1. The number of carboxylic acids is 1. The Morgan fingerprint density at radius 2 is 1.81 bits per heavy atom. The number of ether oxygens (including phenoxy) is 1. The molecule has 1 rings (SSSR count). The van der Waals surface area contributed by atoms with Crippen molar-refractivity contribution in [1.82, 2.24) is 10.6 Å². The molecule has 6 nitrogen and oxygen atoms in total. The minimum absolute atomic E-state index is 0.283. The van der Waals surface area contributed by atoms with Crippen molar-refractivity contribution < 1.29 is 19.4 Å². The summed E-state index contributed by atoms with van der Waals surface area (Å²) in [5, 5.41) is 14.7. The van der Waals surface area contributed by atoms with Gasteiger partial charge in [0.2, 0.25) is 0 Å². The van der Waals surface area contributed by atoms with Crippen LogP contribution in [0.15, 0.2) is 30.3 Å². The van der Waals surface area contributed by atoms with E-state index in [1.54, 1.807) is 45.0 Å². The van der Waals surface area contributed by atoms with Crippen LogP contribution in [0.4, 0.5) is 4.79 Å². The van der Waals surface area contributed by atoms with E-state index in [-0.39, 0.29) is 6.54 Å². The van der Waals surface area contributed by atoms with Crippen molar-refractivity contribution in [1.29, 1.82) is 0 Å². The molecule has 3 N–H and O–H groups in total. The molecule has 0 fully saturated rings. The Balaban J connectivity index is 2.39. The van der Waals surface area contributed by atoms with Gasteiger partial charge in [-0.05, 0) is 26.3 Å². The van der Waals surface area contributed by atoms with Gasteiger partial charge in [-0.2, -0.15) is 0 Å². The smallest absolute Gasteiger partial charge is 0.407 e. The van der Waals surface area contributed by atoms with Crippen molar-refractivity contribution in [2.24, 2.45) is 0 Å². The van der Waals surface area contributed by atoms with Crippen LogP contribution in [-0.4, -0.2) is 35.9 Å². The summed E-state index contributed by atoms with van der Waals surface area (Å²) in [6.45, 7) is 5.94. The molecule has 0 saturated heterocycles. The minimum Gasteiger partial charge on any atom is -0.480 e. The predicted molar refractivity (Wildman–Crippen MR) is 79.1 cm³/mol. The second-order valence-corrected chi connectivity index (χ2v) is 5.56. The SMILES string of the molecule is CC(C)(C)OC(=O)NCCNC(C(=O)O)c1ccccc1. The van der Waals surface area contributed by atoms with Crippen LogP contribution in [0.2, 0.25) is 0 Å². The molecule has 1 unspecified atom stereocenters. The average Bonchev–Trinajstić information content (AvgIpc) is 2.37. The lowest BCUT2D eigenvalue weighted by atomic mass is 10.1. The highest BCUT2D eigenvalue weighted by atomic mass is 16.6. The zero-order chi connectivity index (χ0) is 15.9. The maximum atomic E-state index is 11.4. The van der Waals surface area contributed by atoms with E-state index in [4.69, 9.17) is 4.74 Å². The third kappa shape index (κ3) is 6.76. The first kappa shape index (κ1) is 17.0. The molecule has 116 valence electrons. The normalized spacial score (nSPS) is 12.5. The van der Waals surface area contributed by atoms with Gasteiger partial charge in [0.25, 0.3) is 0 Å². The summed E-state index contributed by atoms with van der Waals surface area (Å²) in [7, 11) is 0. The van der Waals surface area contributed by atoms with E-state index >= 15 is 0 Å². The van der Waals surface area contributed by atoms with Crippen molar-refractivity contribution >= 4 is 12.1 Å². The highest BCUT2D eigenvalue weighted by Gasteiger charge is 2.19. The molecule has 1 amide bonds. The molecule has 0 aliphatic rings. The molecule has 0 aliphatic carbocycles. The summed E-state index contributed by atoms with van der Waals surface area (Å²) in [5.41, 5.74) is 0.118. The maximum Gasteiger partial charge on any atom is 0.407 e. The Kier molecular flexibility index (Phi) is 6.17. The third-order valence-corrected chi connectivity index (χ3v) is 2.52. The Hall–Kier alpha value is -2.08. The van der Waals surface area contributed by atoms with Gasteiger partial charge in [-0.1, -0.05) is 30.3 Å². The molecule has 0 heterocycles. The van der Waals surface area contributed by atoms with Crippen LogP contribution in [0, 0.1) is 0 Å². The van der Waals surface area contributed by atoms with Crippen molar-refractivity contribution in [3.05, 3.63) is 35.9 Å². The van der Waals surface area contributed by atoms with Crippen LogP contribution in [0.25, 0.3) is 0 Å². The summed E-state index contributed by atoms with van der Waals surface area (Å²) in [6.07, 6.45) is -0.518. The van der Waals surface area contributed by atoms with Gasteiger partial charge < -0.3 is 15.2 Å². The van der Waals surface area contributed by atoms with Gasteiger partial charge in [-0.3, -0.25) is 10.1 Å². The van der Waals surface area contributed by atoms with Crippen molar-refractivity contribution in [2.45, 2.75) is 32.4 Å². The number of carbonyl (C=O) groups is 2. The van der Waals surface area contributed by atoms with E-state index in [1.807, 2.05) is 6.07 Å². The van der Waals surface area contributed by atoms with Gasteiger partial charge in [0.1, 0.15) is 11.6 Å². The summed E-state index contributed by atoms with van der Waals surface area (Å²) < 4.78 is 5.08. The minimum atomic E-state index is -0.960. The van der Waals surface area contributed by atoms with Crippen LogP contribution in [0.5, 0.6) is 0 Å². The maximum absolute atomic E-state index is 11.4. The fourth-order valence-electron chi connectivity index (χ4n) is 1.69. The molecule has 0 aliphatic heterocycles. The lowest BCUT2D eigenvalue weighted by Gasteiger charge is -2.20. The first-order valence-electron chi connectivity index (χ1n) is 6.77. The summed E-state index contributed by atoms with van der Waals surface area (Å²) in [6, 6.07) is 8.08. The number of nitrogens with one attached hydrogen (secondary N) is 2. The number of carbonyl (C=O) groups excluding carboxylic acids is 1. The first-order chi connectivity index (χ1) is 9.79. The molecule has 1 atom stereocenters. The fraction of sp³-hybridized carbons (Fsp3) is 0.467. The van der Waals surface area contributed by atoms with Gasteiger partial charge in [-0.25, -0.2) is 4.79 Å². The molecule has 6 heteroatoms. The fourth-order valence-corrected chi connectivity index (χ4v) is 1.69. The van der Waals surface area contributed by atoms with Crippen molar-refractivity contribution in [3.63, 3.8) is 0 Å². The number of amides is 1. The highest BCUT2D eigenvalue weighted by Crippen LogP contribution is 2.12. The zero-order valence-electron chi connectivity index (χ0n) is 12.6. The lowest BCUT2D eigenvalue weighted by Crippen LogP contribution is -2.38. The largest absolute Gasteiger partial charge is 0.480 e. The Morgan fingerprint density at radius 3 is 2.33 bits per heavy atom. The molecule has 0 bridgehead atoms. The average molecular weight is 294 g/mol. The second kappa shape index (κ2) is 7.64. The monoisotopic (exact) mass is 294 g/mol. The molecular weight excluding hydrogens is 272 g/mol. The topological polar surface area (TPSA) is 87.7 Å². The standard InChI is InChI=1S/C15H22N2O4/c1-15(2,3)21-14(20)17-10-9-16-12(13(18)19)11-7-5-4-6-8-11/h4-8,12,16H,9-10H2,1-3H3,(H,17,20)(H,18,19). The molecule has 0 spiro atoms. The highest BCUT2D eigenvalue weighted by molar-refractivity contribution is 5.75. The molecule has 0 aromatic heterocycles. The summed E-state index contributed by atoms with van der Waals surface area (Å²) in [5.74, 6) is -0.960. The van der Waals surface area contributed by atoms with Gasteiger partial charge in [0.05, 0.1) is 0 Å². The summed E-state index contributed by atoms with van der Waals surface area (Å²) in [4.78, 5) is 22.7. The van der Waals surface area contributed by atoms with E-state index in [1.165, 1.54) is 0 Å². The molecule has 0 saturated carbocycles. The number of hydrogen-bond donors (Lipinski definition) is 3. The number of rotatable bonds is 6. The number of hydrogen-bond acceptors (Lipinski definition) is 4. The Morgan fingerprint density at radius 1 is 1.19 bits per heavy atom. The number of aliphatic carboxylic acids is 1. The summed E-state index contributed by atoms with van der Waals surface area (Å²) >= 11 is 0. The molecule has 0 radical (unpaired) electrons. The predicted octanol–water partition coefficient (Wildman–Crippen LogP) is 1.93.